The number of carboxylic acid groups (broad SMARTS) is 2. The summed E-state index contributed by atoms with van der Waals surface area (Å²) in [5.74, 6) is -1.03. The number of aromatic carboxylic acids is 1. The minimum Gasteiger partial charge on any atom is -0.478 e. The van der Waals surface area contributed by atoms with E-state index < -0.39 is 12.1 Å². The van der Waals surface area contributed by atoms with Crippen LogP contribution < -0.4 is 11.1 Å². The van der Waals surface area contributed by atoms with Crippen molar-refractivity contribution in [2.24, 2.45) is 0 Å². The van der Waals surface area contributed by atoms with Crippen LogP contribution in [0.15, 0.2) is 54.7 Å². The average molecular weight is 338 g/mol. The number of hydrogen-bond donors (Lipinski definition) is 4. The van der Waals surface area contributed by atoms with Crippen LogP contribution in [0.5, 0.6) is 0 Å². The summed E-state index contributed by atoms with van der Waals surface area (Å²) < 4.78 is 1.44. The fraction of sp³-hybridized carbons (Fsp3) is 0. The Hall–Kier alpha value is -3.81. The first-order valence-corrected chi connectivity index (χ1v) is 7.23. The van der Waals surface area contributed by atoms with Gasteiger partial charge in [-0.3, -0.25) is 9.88 Å². The fourth-order valence-corrected chi connectivity index (χ4v) is 2.42. The molecule has 126 valence electrons. The summed E-state index contributed by atoms with van der Waals surface area (Å²) in [6, 6.07) is 13.3. The van der Waals surface area contributed by atoms with E-state index in [0.717, 1.165) is 5.56 Å². The van der Waals surface area contributed by atoms with Crippen molar-refractivity contribution in [1.29, 1.82) is 0 Å². The first-order valence-electron chi connectivity index (χ1n) is 7.23. The van der Waals surface area contributed by atoms with Crippen LogP contribution in [0.3, 0.4) is 0 Å². The number of nitrogens with zero attached hydrogens (tertiary/aromatic N) is 2. The van der Waals surface area contributed by atoms with Crippen molar-refractivity contribution in [2.45, 2.75) is 0 Å². The van der Waals surface area contributed by atoms with Gasteiger partial charge in [-0.25, -0.2) is 14.6 Å². The van der Waals surface area contributed by atoms with E-state index in [0.29, 0.717) is 5.69 Å². The van der Waals surface area contributed by atoms with Gasteiger partial charge in [0.05, 0.1) is 22.6 Å². The Bertz CT molecular complexity index is 951. The third-order valence-electron chi connectivity index (χ3n) is 3.55. The topological polar surface area (TPSA) is 130 Å². The van der Waals surface area contributed by atoms with E-state index >= 15 is 0 Å². The summed E-state index contributed by atoms with van der Waals surface area (Å²) in [6.45, 7) is 0. The highest BCUT2D eigenvalue weighted by molar-refractivity contribution is 5.92. The van der Waals surface area contributed by atoms with Crippen molar-refractivity contribution in [3.05, 3.63) is 60.3 Å². The van der Waals surface area contributed by atoms with Crippen LogP contribution in [0.25, 0.3) is 16.9 Å². The third kappa shape index (κ3) is 3.27. The summed E-state index contributed by atoms with van der Waals surface area (Å²) >= 11 is 0. The molecular formula is C17H14N4O4. The van der Waals surface area contributed by atoms with Crippen molar-refractivity contribution in [2.75, 3.05) is 11.1 Å². The summed E-state index contributed by atoms with van der Waals surface area (Å²) in [6.07, 6.45) is 0.352. The van der Waals surface area contributed by atoms with Gasteiger partial charge in [-0.15, -0.1) is 0 Å². The van der Waals surface area contributed by atoms with Gasteiger partial charge in [0.15, 0.2) is 0 Å². The highest BCUT2D eigenvalue weighted by Crippen LogP contribution is 2.28. The minimum absolute atomic E-state index is 0.000278. The molecule has 0 fully saturated rings. The quantitative estimate of drug-likeness (QED) is 0.578. The molecule has 25 heavy (non-hydrogen) atoms. The molecule has 2 aromatic carbocycles. The number of amides is 1. The number of rotatable bonds is 4. The number of anilines is 2. The lowest BCUT2D eigenvalue weighted by Gasteiger charge is -2.12. The van der Waals surface area contributed by atoms with Crippen molar-refractivity contribution in [3.8, 4) is 16.9 Å². The van der Waals surface area contributed by atoms with E-state index in [9.17, 15) is 14.7 Å². The van der Waals surface area contributed by atoms with Gasteiger partial charge in [0.2, 0.25) is 5.95 Å². The smallest absolute Gasteiger partial charge is 0.409 e. The summed E-state index contributed by atoms with van der Waals surface area (Å²) in [4.78, 5) is 26.5. The first-order chi connectivity index (χ1) is 12.0. The van der Waals surface area contributed by atoms with E-state index in [1.807, 2.05) is 30.3 Å². The second-order valence-electron chi connectivity index (χ2n) is 5.19. The molecule has 1 aromatic heterocycles. The maximum atomic E-state index is 11.2. The Labute approximate surface area is 142 Å². The molecule has 0 unspecified atom stereocenters. The van der Waals surface area contributed by atoms with Gasteiger partial charge in [-0.1, -0.05) is 30.3 Å². The van der Waals surface area contributed by atoms with E-state index in [4.69, 9.17) is 10.8 Å². The normalized spacial score (nSPS) is 10.4. The highest BCUT2D eigenvalue weighted by atomic mass is 16.4. The molecule has 8 nitrogen and oxygen atoms in total. The molecule has 3 rings (SSSR count). The molecule has 5 N–H and O–H groups in total. The zero-order valence-corrected chi connectivity index (χ0v) is 12.9. The molecule has 0 saturated carbocycles. The molecule has 3 aromatic rings. The Morgan fingerprint density at radius 2 is 1.80 bits per heavy atom. The van der Waals surface area contributed by atoms with Gasteiger partial charge in [-0.2, -0.15) is 0 Å². The van der Waals surface area contributed by atoms with Crippen LogP contribution in [0.4, 0.5) is 16.4 Å². The van der Waals surface area contributed by atoms with E-state index in [2.05, 4.69) is 10.3 Å². The molecule has 0 saturated heterocycles. The molecule has 0 radical (unpaired) electrons. The van der Waals surface area contributed by atoms with Crippen molar-refractivity contribution in [1.82, 2.24) is 9.55 Å². The SMILES string of the molecule is Nc1nc(-c2ccccc2)cn1-c1cc(C(=O)O)ccc1NC(=O)O. The molecule has 1 amide bonds. The van der Waals surface area contributed by atoms with Gasteiger partial charge in [-0.05, 0) is 18.2 Å². The monoisotopic (exact) mass is 338 g/mol. The van der Waals surface area contributed by atoms with Gasteiger partial charge < -0.3 is 15.9 Å². The predicted octanol–water partition coefficient (Wildman–Crippen LogP) is 2.91. The Balaban J connectivity index is 2.14. The molecule has 0 spiro atoms. The molecule has 0 aliphatic heterocycles. The largest absolute Gasteiger partial charge is 0.478 e. The number of nitrogens with two attached hydrogens (primary N) is 1. The van der Waals surface area contributed by atoms with Crippen LogP contribution in [0.2, 0.25) is 0 Å². The number of carbonyl (C=O) groups is 2. The number of benzene rings is 2. The number of imidazole rings is 1. The summed E-state index contributed by atoms with van der Waals surface area (Å²) in [7, 11) is 0. The average Bonchev–Trinajstić information content (AvgIpc) is 2.97. The van der Waals surface area contributed by atoms with Crippen molar-refractivity contribution < 1.29 is 19.8 Å². The second-order valence-corrected chi connectivity index (χ2v) is 5.19. The lowest BCUT2D eigenvalue weighted by molar-refractivity contribution is 0.0697. The van der Waals surface area contributed by atoms with E-state index in [1.54, 1.807) is 6.20 Å². The predicted molar refractivity (Wildman–Crippen MR) is 92.0 cm³/mol. The Kier molecular flexibility index (Phi) is 4.09. The van der Waals surface area contributed by atoms with Gasteiger partial charge in [0, 0.05) is 11.8 Å². The van der Waals surface area contributed by atoms with E-state index in [1.165, 1.54) is 22.8 Å². The Morgan fingerprint density at radius 1 is 1.08 bits per heavy atom. The number of nitrogen functional groups attached to an aromatic ring is 1. The maximum Gasteiger partial charge on any atom is 0.409 e. The number of nitrogens with one attached hydrogen (secondary N) is 1. The van der Waals surface area contributed by atoms with Crippen molar-refractivity contribution in [3.63, 3.8) is 0 Å². The van der Waals surface area contributed by atoms with E-state index in [-0.39, 0.29) is 22.9 Å². The molecule has 0 atom stereocenters. The van der Waals surface area contributed by atoms with Gasteiger partial charge in [0.25, 0.3) is 0 Å². The third-order valence-corrected chi connectivity index (χ3v) is 3.55. The van der Waals surface area contributed by atoms with Crippen LogP contribution in [0, 0.1) is 0 Å². The minimum atomic E-state index is -1.27. The molecule has 0 aliphatic carbocycles. The van der Waals surface area contributed by atoms with Gasteiger partial charge in [0.1, 0.15) is 0 Å². The van der Waals surface area contributed by atoms with Crippen LogP contribution >= 0.6 is 0 Å². The van der Waals surface area contributed by atoms with Crippen LogP contribution in [0.1, 0.15) is 10.4 Å². The standard InChI is InChI=1S/C17H14N4O4/c18-16-19-13(10-4-2-1-3-5-10)9-21(16)14-8-11(15(22)23)6-7-12(14)20-17(24)25/h1-9,20H,(H2,18,19)(H,22,23)(H,24,25). The molecule has 0 bridgehead atoms. The molecule has 8 heteroatoms. The molecule has 1 heterocycles. The highest BCUT2D eigenvalue weighted by Gasteiger charge is 2.15. The molecular weight excluding hydrogens is 324 g/mol. The fourth-order valence-electron chi connectivity index (χ4n) is 2.42. The second kappa shape index (κ2) is 6.36. The first kappa shape index (κ1) is 16.1. The number of aromatic nitrogens is 2. The lowest BCUT2D eigenvalue weighted by atomic mass is 10.1. The zero-order chi connectivity index (χ0) is 18.0. The lowest BCUT2D eigenvalue weighted by Crippen LogP contribution is -2.12. The summed E-state index contributed by atoms with van der Waals surface area (Å²) in [5, 5.41) is 20.4. The summed E-state index contributed by atoms with van der Waals surface area (Å²) in [5.41, 5.74) is 7.85. The zero-order valence-electron chi connectivity index (χ0n) is 12.9. The number of carboxylic acids is 1. The van der Waals surface area contributed by atoms with Crippen molar-refractivity contribution >= 4 is 23.7 Å². The van der Waals surface area contributed by atoms with Crippen LogP contribution in [-0.2, 0) is 0 Å². The Morgan fingerprint density at radius 3 is 2.44 bits per heavy atom. The van der Waals surface area contributed by atoms with Gasteiger partial charge >= 0.3 is 12.1 Å². The maximum absolute atomic E-state index is 11.2. The number of hydrogen-bond acceptors (Lipinski definition) is 4. The molecule has 0 aliphatic rings. The van der Waals surface area contributed by atoms with Crippen LogP contribution in [-0.4, -0.2) is 31.8 Å².